The summed E-state index contributed by atoms with van der Waals surface area (Å²) in [6, 6.07) is 7.53. The van der Waals surface area contributed by atoms with E-state index in [9.17, 15) is 0 Å². The molecule has 1 atom stereocenters. The van der Waals surface area contributed by atoms with Crippen molar-refractivity contribution < 1.29 is 4.74 Å². The third kappa shape index (κ3) is 3.89. The van der Waals surface area contributed by atoms with Crippen molar-refractivity contribution in [1.29, 1.82) is 0 Å². The van der Waals surface area contributed by atoms with Crippen LogP contribution in [-0.4, -0.2) is 37.2 Å². The summed E-state index contributed by atoms with van der Waals surface area (Å²) >= 11 is 0. The van der Waals surface area contributed by atoms with Crippen molar-refractivity contribution in [2.75, 3.05) is 25.5 Å². The molecule has 1 N–H and O–H groups in total. The number of nitrogens with one attached hydrogen (secondary N) is 1. The summed E-state index contributed by atoms with van der Waals surface area (Å²) in [5, 5.41) is 3.69. The number of nitrogens with zero attached hydrogens (tertiary/aromatic N) is 1. The Morgan fingerprint density at radius 2 is 2.05 bits per heavy atom. The molecular formula is C17H28N2O. The van der Waals surface area contributed by atoms with Gasteiger partial charge in [-0.3, -0.25) is 0 Å². The minimum atomic E-state index is 0.550. The number of anilines is 1. The van der Waals surface area contributed by atoms with Crippen LogP contribution < -0.4 is 10.1 Å². The van der Waals surface area contributed by atoms with Crippen LogP contribution in [0.3, 0.4) is 0 Å². The molecule has 1 aromatic rings. The first-order chi connectivity index (χ1) is 9.60. The van der Waals surface area contributed by atoms with Crippen LogP contribution >= 0.6 is 0 Å². The van der Waals surface area contributed by atoms with Crippen molar-refractivity contribution in [2.24, 2.45) is 0 Å². The van der Waals surface area contributed by atoms with Gasteiger partial charge in [-0.05, 0) is 64.3 Å². The van der Waals surface area contributed by atoms with E-state index in [1.807, 2.05) is 0 Å². The summed E-state index contributed by atoms with van der Waals surface area (Å²) in [6.07, 6.45) is 3.71. The molecule has 3 nitrogen and oxygen atoms in total. The van der Waals surface area contributed by atoms with E-state index in [2.05, 4.69) is 49.2 Å². The number of likely N-dealkylation sites (tertiary alicyclic amines) is 1. The molecule has 1 fully saturated rings. The van der Waals surface area contributed by atoms with Gasteiger partial charge in [-0.25, -0.2) is 0 Å². The monoisotopic (exact) mass is 276 g/mol. The van der Waals surface area contributed by atoms with E-state index in [0.717, 1.165) is 11.4 Å². The maximum Gasteiger partial charge on any atom is 0.141 e. The maximum atomic E-state index is 5.46. The molecule has 0 radical (unpaired) electrons. The maximum absolute atomic E-state index is 5.46. The van der Waals surface area contributed by atoms with Gasteiger partial charge in [0.05, 0.1) is 12.8 Å². The normalized spacial score (nSPS) is 20.8. The lowest BCUT2D eigenvalue weighted by Crippen LogP contribution is -2.32. The second kappa shape index (κ2) is 6.98. The van der Waals surface area contributed by atoms with Crippen LogP contribution in [0.25, 0.3) is 0 Å². The van der Waals surface area contributed by atoms with Crippen LogP contribution in [0.15, 0.2) is 18.2 Å². The number of aryl methyl sites for hydroxylation is 1. The fourth-order valence-corrected chi connectivity index (χ4v) is 2.93. The molecule has 1 saturated heterocycles. The lowest BCUT2D eigenvalue weighted by molar-refractivity contribution is 0.230. The summed E-state index contributed by atoms with van der Waals surface area (Å²) in [5.74, 6) is 0.945. The van der Waals surface area contributed by atoms with E-state index in [-0.39, 0.29) is 0 Å². The largest absolute Gasteiger partial charge is 0.495 e. The second-order valence-electron chi connectivity index (χ2n) is 6.11. The van der Waals surface area contributed by atoms with Gasteiger partial charge in [0, 0.05) is 18.6 Å². The molecule has 112 valence electrons. The Balaban J connectivity index is 2.01. The van der Waals surface area contributed by atoms with Crippen molar-refractivity contribution in [1.82, 2.24) is 4.90 Å². The van der Waals surface area contributed by atoms with Gasteiger partial charge in [0.25, 0.3) is 0 Å². The molecular weight excluding hydrogens is 248 g/mol. The topological polar surface area (TPSA) is 24.5 Å². The van der Waals surface area contributed by atoms with Crippen molar-refractivity contribution in [3.63, 3.8) is 0 Å². The highest BCUT2D eigenvalue weighted by molar-refractivity contribution is 5.58. The van der Waals surface area contributed by atoms with Gasteiger partial charge in [0.1, 0.15) is 5.75 Å². The Hall–Kier alpha value is -1.22. The Morgan fingerprint density at radius 3 is 2.75 bits per heavy atom. The highest BCUT2D eigenvalue weighted by atomic mass is 16.5. The standard InChI is InChI=1S/C17H28N2O/c1-13(2)19-10-5-6-15(9-11-19)18-16-12-14(3)7-8-17(16)20-4/h7-8,12-13,15,18H,5-6,9-11H2,1-4H3. The third-order valence-corrected chi connectivity index (χ3v) is 4.21. The van der Waals surface area contributed by atoms with Gasteiger partial charge in [-0.15, -0.1) is 0 Å². The lowest BCUT2D eigenvalue weighted by atomic mass is 10.1. The summed E-state index contributed by atoms with van der Waals surface area (Å²) in [6.45, 7) is 9.11. The first kappa shape index (κ1) is 15.2. The van der Waals surface area contributed by atoms with E-state index in [0.29, 0.717) is 12.1 Å². The smallest absolute Gasteiger partial charge is 0.141 e. The first-order valence-corrected chi connectivity index (χ1v) is 7.75. The van der Waals surface area contributed by atoms with E-state index in [1.54, 1.807) is 7.11 Å². The van der Waals surface area contributed by atoms with Crippen molar-refractivity contribution in [3.8, 4) is 5.75 Å². The number of hydrogen-bond donors (Lipinski definition) is 1. The zero-order chi connectivity index (χ0) is 14.5. The molecule has 3 heteroatoms. The molecule has 1 aliphatic heterocycles. The molecule has 1 heterocycles. The molecule has 2 rings (SSSR count). The van der Waals surface area contributed by atoms with Crippen molar-refractivity contribution >= 4 is 5.69 Å². The van der Waals surface area contributed by atoms with Crippen LogP contribution in [0.1, 0.15) is 38.7 Å². The molecule has 0 aliphatic carbocycles. The van der Waals surface area contributed by atoms with Crippen molar-refractivity contribution in [2.45, 2.75) is 52.1 Å². The predicted molar refractivity (Wildman–Crippen MR) is 85.7 cm³/mol. The lowest BCUT2D eigenvalue weighted by Gasteiger charge is -2.24. The molecule has 0 spiro atoms. The molecule has 0 saturated carbocycles. The number of methoxy groups -OCH3 is 1. The fourth-order valence-electron chi connectivity index (χ4n) is 2.93. The molecule has 20 heavy (non-hydrogen) atoms. The highest BCUT2D eigenvalue weighted by Crippen LogP contribution is 2.27. The van der Waals surface area contributed by atoms with E-state index in [4.69, 9.17) is 4.74 Å². The number of rotatable bonds is 4. The summed E-state index contributed by atoms with van der Waals surface area (Å²) < 4.78 is 5.46. The Morgan fingerprint density at radius 1 is 1.25 bits per heavy atom. The zero-order valence-corrected chi connectivity index (χ0v) is 13.3. The summed E-state index contributed by atoms with van der Waals surface area (Å²) in [4.78, 5) is 2.58. The van der Waals surface area contributed by atoms with Crippen LogP contribution in [0.4, 0.5) is 5.69 Å². The highest BCUT2D eigenvalue weighted by Gasteiger charge is 2.19. The zero-order valence-electron chi connectivity index (χ0n) is 13.3. The van der Waals surface area contributed by atoms with Gasteiger partial charge >= 0.3 is 0 Å². The molecule has 0 amide bonds. The van der Waals surface area contributed by atoms with Crippen LogP contribution in [-0.2, 0) is 0 Å². The number of hydrogen-bond acceptors (Lipinski definition) is 3. The van der Waals surface area contributed by atoms with Crippen LogP contribution in [0, 0.1) is 6.92 Å². The van der Waals surface area contributed by atoms with E-state index >= 15 is 0 Å². The minimum Gasteiger partial charge on any atom is -0.495 e. The molecule has 1 unspecified atom stereocenters. The van der Waals surface area contributed by atoms with E-state index < -0.39 is 0 Å². The van der Waals surface area contributed by atoms with Gasteiger partial charge in [-0.2, -0.15) is 0 Å². The predicted octanol–water partition coefficient (Wildman–Crippen LogP) is 3.68. The van der Waals surface area contributed by atoms with Gasteiger partial charge in [0.15, 0.2) is 0 Å². The summed E-state index contributed by atoms with van der Waals surface area (Å²) in [5.41, 5.74) is 2.40. The Labute approximate surface area is 123 Å². The van der Waals surface area contributed by atoms with Gasteiger partial charge < -0.3 is 15.0 Å². The average molecular weight is 276 g/mol. The van der Waals surface area contributed by atoms with E-state index in [1.165, 1.54) is 37.9 Å². The molecule has 0 aromatic heterocycles. The fraction of sp³-hybridized carbons (Fsp3) is 0.647. The van der Waals surface area contributed by atoms with Gasteiger partial charge in [-0.1, -0.05) is 6.07 Å². The number of benzene rings is 1. The molecule has 1 aliphatic rings. The van der Waals surface area contributed by atoms with Gasteiger partial charge in [0.2, 0.25) is 0 Å². The van der Waals surface area contributed by atoms with Crippen LogP contribution in [0.5, 0.6) is 5.75 Å². The van der Waals surface area contributed by atoms with Crippen molar-refractivity contribution in [3.05, 3.63) is 23.8 Å². The SMILES string of the molecule is COc1ccc(C)cc1NC1CCCN(C(C)C)CC1. The quantitative estimate of drug-likeness (QED) is 0.908. The molecule has 0 bridgehead atoms. The Bertz CT molecular complexity index is 431. The average Bonchev–Trinajstić information content (AvgIpc) is 2.65. The Kier molecular flexibility index (Phi) is 5.30. The molecule has 1 aromatic carbocycles. The first-order valence-electron chi connectivity index (χ1n) is 7.75. The minimum absolute atomic E-state index is 0.550. The third-order valence-electron chi connectivity index (χ3n) is 4.21. The second-order valence-corrected chi connectivity index (χ2v) is 6.11. The van der Waals surface area contributed by atoms with Crippen LogP contribution in [0.2, 0.25) is 0 Å². The number of ether oxygens (including phenoxy) is 1. The summed E-state index contributed by atoms with van der Waals surface area (Å²) in [7, 11) is 1.74.